The van der Waals surface area contributed by atoms with Crippen molar-refractivity contribution in [3.63, 3.8) is 0 Å². The Morgan fingerprint density at radius 1 is 1.17 bits per heavy atom. The zero-order valence-electron chi connectivity index (χ0n) is 14.2. The van der Waals surface area contributed by atoms with Crippen molar-refractivity contribution < 1.29 is 24.0 Å². The lowest BCUT2D eigenvalue weighted by atomic mass is 9.60. The van der Waals surface area contributed by atoms with Crippen LogP contribution < -0.4 is 0 Å². The fourth-order valence-corrected chi connectivity index (χ4v) is 5.26. The van der Waals surface area contributed by atoms with Crippen LogP contribution in [0.25, 0.3) is 0 Å². The predicted octanol–water partition coefficient (Wildman–Crippen LogP) is 2.64. The maximum absolute atomic E-state index is 6.41. The second kappa shape index (κ2) is 5.18. The van der Waals surface area contributed by atoms with E-state index in [2.05, 4.69) is 19.8 Å². The number of rotatable bonds is 3. The van der Waals surface area contributed by atoms with E-state index in [0.29, 0.717) is 25.0 Å². The minimum absolute atomic E-state index is 0.182. The van der Waals surface area contributed by atoms with Crippen molar-refractivity contribution in [3.8, 4) is 12.3 Å². The van der Waals surface area contributed by atoms with Gasteiger partial charge in [-0.3, -0.25) is 0 Å². The summed E-state index contributed by atoms with van der Waals surface area (Å²) >= 11 is 0. The number of hydrogen-bond donors (Lipinski definition) is 0. The SMILES string of the molecule is C#CCOC[C@@]1(C)O[C@@H]2O[C@]3(C)CCC4[C@H](C)CC[C@@H]1[C@]42OO3. The first-order valence-corrected chi connectivity index (χ1v) is 8.67. The molecule has 5 fully saturated rings. The van der Waals surface area contributed by atoms with Gasteiger partial charge in [0.15, 0.2) is 11.9 Å². The molecule has 1 unspecified atom stereocenters. The Morgan fingerprint density at radius 2 is 2.00 bits per heavy atom. The summed E-state index contributed by atoms with van der Waals surface area (Å²) in [5.74, 6) is 2.93. The molecule has 5 heteroatoms. The summed E-state index contributed by atoms with van der Waals surface area (Å²) < 4.78 is 18.3. The first-order chi connectivity index (χ1) is 10.9. The van der Waals surface area contributed by atoms with E-state index in [1.807, 2.05) is 6.92 Å². The summed E-state index contributed by atoms with van der Waals surface area (Å²) in [5, 5.41) is 0. The average molecular weight is 322 g/mol. The first-order valence-electron chi connectivity index (χ1n) is 8.67. The molecule has 4 aliphatic heterocycles. The summed E-state index contributed by atoms with van der Waals surface area (Å²) in [5.41, 5.74) is -0.992. The Balaban J connectivity index is 1.70. The third-order valence-corrected chi connectivity index (χ3v) is 6.41. The Labute approximate surface area is 137 Å². The van der Waals surface area contributed by atoms with Gasteiger partial charge < -0.3 is 14.2 Å². The molecule has 2 bridgehead atoms. The number of hydrogen-bond acceptors (Lipinski definition) is 5. The highest BCUT2D eigenvalue weighted by Crippen LogP contribution is 2.63. The third kappa shape index (κ3) is 2.13. The summed E-state index contributed by atoms with van der Waals surface area (Å²) in [6.07, 6.45) is 8.96. The molecule has 5 rings (SSSR count). The fraction of sp³-hybridized carbons (Fsp3) is 0.889. The smallest absolute Gasteiger partial charge is 0.201 e. The molecule has 1 spiro atoms. The van der Waals surface area contributed by atoms with Gasteiger partial charge in [-0.05, 0) is 44.9 Å². The molecule has 5 aliphatic rings. The van der Waals surface area contributed by atoms with E-state index in [1.165, 1.54) is 0 Å². The summed E-state index contributed by atoms with van der Waals surface area (Å²) in [7, 11) is 0. The number of ether oxygens (including phenoxy) is 3. The quantitative estimate of drug-likeness (QED) is 0.454. The lowest BCUT2D eigenvalue weighted by Gasteiger charge is -2.50. The molecule has 0 amide bonds. The van der Waals surface area contributed by atoms with E-state index in [1.54, 1.807) is 0 Å². The standard InChI is InChI=1S/C18H26O5/c1-5-10-19-11-16(3)14-7-6-12(2)13-8-9-17(4)21-15(20-16)18(13,14)23-22-17/h1,12-15H,6-11H2,2-4H3/t12-,13?,14+,15-,16-,17+,18-/m1/s1. The summed E-state index contributed by atoms with van der Waals surface area (Å²) in [6.45, 7) is 7.07. The largest absolute Gasteiger partial charge is 0.366 e. The number of fused-ring (bicyclic) bond motifs is 2. The van der Waals surface area contributed by atoms with Gasteiger partial charge in [0.1, 0.15) is 6.61 Å². The maximum Gasteiger partial charge on any atom is 0.201 e. The minimum atomic E-state index is -0.720. The van der Waals surface area contributed by atoms with Gasteiger partial charge in [-0.15, -0.1) is 6.42 Å². The van der Waals surface area contributed by atoms with Gasteiger partial charge in [0.25, 0.3) is 0 Å². The van der Waals surface area contributed by atoms with Crippen LogP contribution in [0, 0.1) is 30.1 Å². The molecule has 23 heavy (non-hydrogen) atoms. The van der Waals surface area contributed by atoms with Gasteiger partial charge in [0, 0.05) is 12.3 Å². The molecule has 4 heterocycles. The van der Waals surface area contributed by atoms with Crippen LogP contribution in [0.2, 0.25) is 0 Å². The maximum atomic E-state index is 6.41. The van der Waals surface area contributed by atoms with Gasteiger partial charge in [-0.2, -0.15) is 0 Å². The molecule has 7 atom stereocenters. The Kier molecular flexibility index (Phi) is 3.57. The zero-order valence-corrected chi connectivity index (χ0v) is 14.2. The third-order valence-electron chi connectivity index (χ3n) is 6.41. The highest BCUT2D eigenvalue weighted by molar-refractivity contribution is 5.15. The van der Waals surface area contributed by atoms with Crippen LogP contribution in [0.4, 0.5) is 0 Å². The van der Waals surface area contributed by atoms with E-state index in [0.717, 1.165) is 25.7 Å². The van der Waals surface area contributed by atoms with Gasteiger partial charge in [-0.1, -0.05) is 12.8 Å². The fourth-order valence-electron chi connectivity index (χ4n) is 5.26. The second-order valence-electron chi connectivity index (χ2n) is 7.98. The van der Waals surface area contributed by atoms with Crippen LogP contribution in [-0.2, 0) is 24.0 Å². The van der Waals surface area contributed by atoms with Crippen molar-refractivity contribution in [2.75, 3.05) is 13.2 Å². The van der Waals surface area contributed by atoms with Gasteiger partial charge in [0.05, 0.1) is 12.2 Å². The molecular weight excluding hydrogens is 296 g/mol. The molecule has 1 saturated carbocycles. The second-order valence-corrected chi connectivity index (χ2v) is 7.98. The van der Waals surface area contributed by atoms with Crippen molar-refractivity contribution in [1.29, 1.82) is 0 Å². The van der Waals surface area contributed by atoms with E-state index in [4.69, 9.17) is 30.4 Å². The van der Waals surface area contributed by atoms with Crippen molar-refractivity contribution in [2.45, 2.75) is 69.7 Å². The highest BCUT2D eigenvalue weighted by Gasteiger charge is 2.73. The van der Waals surface area contributed by atoms with Gasteiger partial charge >= 0.3 is 0 Å². The monoisotopic (exact) mass is 322 g/mol. The number of terminal acetylenes is 1. The van der Waals surface area contributed by atoms with Crippen LogP contribution >= 0.6 is 0 Å². The average Bonchev–Trinajstić information content (AvgIpc) is 2.61. The normalized spacial score (nSPS) is 54.3. The zero-order chi connectivity index (χ0) is 16.3. The predicted molar refractivity (Wildman–Crippen MR) is 81.9 cm³/mol. The topological polar surface area (TPSA) is 46.2 Å². The van der Waals surface area contributed by atoms with Crippen molar-refractivity contribution >= 4 is 0 Å². The Bertz CT molecular complexity index is 530. The van der Waals surface area contributed by atoms with Crippen LogP contribution in [0.3, 0.4) is 0 Å². The van der Waals surface area contributed by atoms with Gasteiger partial charge in [0.2, 0.25) is 5.79 Å². The van der Waals surface area contributed by atoms with E-state index in [9.17, 15) is 0 Å². The van der Waals surface area contributed by atoms with E-state index in [-0.39, 0.29) is 5.92 Å². The lowest BCUT2D eigenvalue weighted by molar-refractivity contribution is -0.541. The molecule has 0 N–H and O–H groups in total. The molecule has 0 aromatic carbocycles. The first kappa shape index (κ1) is 15.9. The van der Waals surface area contributed by atoms with Crippen LogP contribution in [0.1, 0.15) is 46.5 Å². The summed E-state index contributed by atoms with van der Waals surface area (Å²) in [4.78, 5) is 11.8. The highest BCUT2D eigenvalue weighted by atomic mass is 17.3. The van der Waals surface area contributed by atoms with Crippen LogP contribution in [0.5, 0.6) is 0 Å². The molecule has 4 saturated heterocycles. The molecular formula is C18H26O5. The summed E-state index contributed by atoms with van der Waals surface area (Å²) in [6, 6.07) is 0. The molecule has 0 aromatic rings. The Hall–Kier alpha value is -0.640. The molecule has 0 radical (unpaired) electrons. The van der Waals surface area contributed by atoms with Crippen molar-refractivity contribution in [3.05, 3.63) is 0 Å². The van der Waals surface area contributed by atoms with E-state index >= 15 is 0 Å². The molecule has 1 aliphatic carbocycles. The van der Waals surface area contributed by atoms with Crippen LogP contribution in [-0.4, -0.2) is 36.5 Å². The Morgan fingerprint density at radius 3 is 2.78 bits per heavy atom. The minimum Gasteiger partial charge on any atom is -0.366 e. The molecule has 0 aromatic heterocycles. The molecule has 128 valence electrons. The van der Waals surface area contributed by atoms with E-state index < -0.39 is 23.3 Å². The van der Waals surface area contributed by atoms with Crippen molar-refractivity contribution in [2.24, 2.45) is 17.8 Å². The van der Waals surface area contributed by atoms with Crippen molar-refractivity contribution in [1.82, 2.24) is 0 Å². The lowest BCUT2D eigenvalue weighted by Crippen LogP contribution is -2.62. The molecule has 5 nitrogen and oxygen atoms in total. The van der Waals surface area contributed by atoms with Crippen LogP contribution in [0.15, 0.2) is 0 Å². The van der Waals surface area contributed by atoms with Gasteiger partial charge in [-0.25, -0.2) is 9.78 Å².